The summed E-state index contributed by atoms with van der Waals surface area (Å²) in [6, 6.07) is 14.5. The van der Waals surface area contributed by atoms with Gasteiger partial charge in [-0.2, -0.15) is 5.10 Å². The van der Waals surface area contributed by atoms with Crippen molar-refractivity contribution < 1.29 is 14.3 Å². The van der Waals surface area contributed by atoms with E-state index in [0.29, 0.717) is 23.6 Å². The minimum atomic E-state index is -0.722. The first-order chi connectivity index (χ1) is 14.1. The Balaban J connectivity index is 1.39. The zero-order chi connectivity index (χ0) is 20.2. The molecule has 2 aromatic carbocycles. The molecular formula is C22H22N4O3. The zero-order valence-corrected chi connectivity index (χ0v) is 16.1. The number of benzene rings is 2. The molecule has 0 spiro atoms. The summed E-state index contributed by atoms with van der Waals surface area (Å²) in [5, 5.41) is 12.4. The number of para-hydroxylation sites is 2. The molecule has 4 rings (SSSR count). The number of anilines is 1. The van der Waals surface area contributed by atoms with Gasteiger partial charge in [0.05, 0.1) is 11.9 Å². The molecule has 3 N–H and O–H groups in total. The van der Waals surface area contributed by atoms with E-state index in [0.717, 1.165) is 24.1 Å². The Bertz CT molecular complexity index is 1030. The Morgan fingerprint density at radius 2 is 1.90 bits per heavy atom. The van der Waals surface area contributed by atoms with E-state index in [4.69, 9.17) is 4.74 Å². The fraction of sp³-hybridized carbons (Fsp3) is 0.227. The van der Waals surface area contributed by atoms with Crippen LogP contribution in [0.1, 0.15) is 23.2 Å². The van der Waals surface area contributed by atoms with E-state index in [2.05, 4.69) is 20.8 Å². The molecule has 1 atom stereocenters. The Labute approximate surface area is 168 Å². The van der Waals surface area contributed by atoms with Gasteiger partial charge in [-0.1, -0.05) is 29.8 Å². The summed E-state index contributed by atoms with van der Waals surface area (Å²) >= 11 is 0. The quantitative estimate of drug-likeness (QED) is 0.597. The summed E-state index contributed by atoms with van der Waals surface area (Å²) in [7, 11) is 0. The van der Waals surface area contributed by atoms with Crippen molar-refractivity contribution in [2.75, 3.05) is 5.32 Å². The van der Waals surface area contributed by atoms with Crippen LogP contribution in [-0.2, 0) is 22.4 Å². The lowest BCUT2D eigenvalue weighted by molar-refractivity contribution is -0.136. The van der Waals surface area contributed by atoms with Crippen LogP contribution < -0.4 is 15.4 Å². The van der Waals surface area contributed by atoms with Gasteiger partial charge in [0.2, 0.25) is 0 Å². The molecule has 1 aliphatic rings. The second-order valence-electron chi connectivity index (χ2n) is 7.15. The van der Waals surface area contributed by atoms with Gasteiger partial charge in [0.15, 0.2) is 5.75 Å². The van der Waals surface area contributed by atoms with Crippen molar-refractivity contribution in [2.24, 2.45) is 0 Å². The van der Waals surface area contributed by atoms with E-state index >= 15 is 0 Å². The van der Waals surface area contributed by atoms with Crippen LogP contribution in [0, 0.1) is 6.92 Å². The van der Waals surface area contributed by atoms with E-state index in [1.54, 1.807) is 18.2 Å². The average Bonchev–Trinajstić information content (AvgIpc) is 3.19. The van der Waals surface area contributed by atoms with Gasteiger partial charge in [0.25, 0.3) is 0 Å². The maximum absolute atomic E-state index is 12.4. The van der Waals surface area contributed by atoms with Gasteiger partial charge in [-0.3, -0.25) is 14.7 Å². The molecule has 2 amide bonds. The molecule has 7 heteroatoms. The molecule has 0 fully saturated rings. The third kappa shape index (κ3) is 4.45. The van der Waals surface area contributed by atoms with Crippen molar-refractivity contribution in [1.29, 1.82) is 0 Å². The van der Waals surface area contributed by atoms with Crippen molar-refractivity contribution in [3.8, 4) is 11.5 Å². The first kappa shape index (κ1) is 18.7. The van der Waals surface area contributed by atoms with Gasteiger partial charge in [-0.05, 0) is 49.6 Å². The van der Waals surface area contributed by atoms with E-state index in [1.165, 1.54) is 5.56 Å². The minimum Gasteiger partial charge on any atom is -0.455 e. The molecular weight excluding hydrogens is 368 g/mol. The van der Waals surface area contributed by atoms with Crippen molar-refractivity contribution >= 4 is 17.5 Å². The third-order valence-corrected chi connectivity index (χ3v) is 4.95. The number of aromatic amines is 1. The van der Waals surface area contributed by atoms with Crippen LogP contribution in [0.2, 0.25) is 0 Å². The van der Waals surface area contributed by atoms with Crippen molar-refractivity contribution in [1.82, 2.24) is 15.5 Å². The fourth-order valence-electron chi connectivity index (χ4n) is 3.35. The fourth-order valence-corrected chi connectivity index (χ4v) is 3.35. The van der Waals surface area contributed by atoms with E-state index < -0.39 is 11.8 Å². The Morgan fingerprint density at radius 1 is 1.10 bits per heavy atom. The topological polar surface area (TPSA) is 96.1 Å². The number of nitrogens with zero attached hydrogens (tertiary/aromatic N) is 1. The molecule has 0 aliphatic heterocycles. The number of fused-ring (bicyclic) bond motifs is 1. The lowest BCUT2D eigenvalue weighted by Gasteiger charge is -2.22. The van der Waals surface area contributed by atoms with Gasteiger partial charge in [-0.15, -0.1) is 0 Å². The highest BCUT2D eigenvalue weighted by molar-refractivity contribution is 6.39. The molecule has 0 saturated carbocycles. The maximum atomic E-state index is 12.4. The first-order valence-electron chi connectivity index (χ1n) is 9.55. The number of aromatic nitrogens is 2. The van der Waals surface area contributed by atoms with Crippen LogP contribution in [0.5, 0.6) is 11.5 Å². The summed E-state index contributed by atoms with van der Waals surface area (Å²) in [6.45, 7) is 2.00. The molecule has 0 radical (unpaired) electrons. The predicted octanol–water partition coefficient (Wildman–Crippen LogP) is 3.12. The third-order valence-electron chi connectivity index (χ3n) is 4.95. The second kappa shape index (κ2) is 8.18. The largest absolute Gasteiger partial charge is 0.455 e. The molecule has 3 aromatic rings. The molecule has 29 heavy (non-hydrogen) atoms. The predicted molar refractivity (Wildman–Crippen MR) is 109 cm³/mol. The molecule has 1 aromatic heterocycles. The SMILES string of the molecule is Cc1ccc(Oc2ccccc2NC(=O)C(=O)N[C@@H]2CCc3cn[nH]c3C2)cc1. The molecule has 0 bridgehead atoms. The highest BCUT2D eigenvalue weighted by Crippen LogP contribution is 2.29. The molecule has 0 unspecified atom stereocenters. The average molecular weight is 390 g/mol. The Hall–Kier alpha value is -3.61. The first-order valence-corrected chi connectivity index (χ1v) is 9.55. The van der Waals surface area contributed by atoms with E-state index in [9.17, 15) is 9.59 Å². The van der Waals surface area contributed by atoms with Gasteiger partial charge in [0.1, 0.15) is 5.75 Å². The zero-order valence-electron chi connectivity index (χ0n) is 16.1. The summed E-state index contributed by atoms with van der Waals surface area (Å²) in [5.41, 5.74) is 3.74. The number of H-pyrrole nitrogens is 1. The van der Waals surface area contributed by atoms with Gasteiger partial charge in [0, 0.05) is 18.2 Å². The monoisotopic (exact) mass is 390 g/mol. The van der Waals surface area contributed by atoms with E-state index in [-0.39, 0.29) is 6.04 Å². The number of hydrogen-bond acceptors (Lipinski definition) is 4. The number of rotatable bonds is 4. The van der Waals surface area contributed by atoms with Crippen LogP contribution in [0.15, 0.2) is 54.7 Å². The molecule has 7 nitrogen and oxygen atoms in total. The smallest absolute Gasteiger partial charge is 0.313 e. The van der Waals surface area contributed by atoms with Gasteiger partial charge >= 0.3 is 11.8 Å². The number of carbonyl (C=O) groups excluding carboxylic acids is 2. The van der Waals surface area contributed by atoms with Gasteiger partial charge < -0.3 is 15.4 Å². The molecule has 1 aliphatic carbocycles. The highest BCUT2D eigenvalue weighted by Gasteiger charge is 2.24. The van der Waals surface area contributed by atoms with Crippen molar-refractivity contribution in [2.45, 2.75) is 32.2 Å². The Morgan fingerprint density at radius 3 is 2.72 bits per heavy atom. The lowest BCUT2D eigenvalue weighted by Crippen LogP contribution is -2.44. The number of aryl methyl sites for hydroxylation is 2. The minimum absolute atomic E-state index is 0.0970. The van der Waals surface area contributed by atoms with E-state index in [1.807, 2.05) is 43.5 Å². The summed E-state index contributed by atoms with van der Waals surface area (Å²) in [5.74, 6) is -0.264. The van der Waals surface area contributed by atoms with Crippen molar-refractivity contribution in [3.05, 3.63) is 71.5 Å². The van der Waals surface area contributed by atoms with Crippen LogP contribution in [0.25, 0.3) is 0 Å². The number of ether oxygens (including phenoxy) is 1. The summed E-state index contributed by atoms with van der Waals surface area (Å²) in [6.07, 6.45) is 4.05. The summed E-state index contributed by atoms with van der Waals surface area (Å²) in [4.78, 5) is 24.8. The van der Waals surface area contributed by atoms with Crippen molar-refractivity contribution in [3.63, 3.8) is 0 Å². The number of carbonyl (C=O) groups is 2. The molecule has 1 heterocycles. The van der Waals surface area contributed by atoms with Crippen LogP contribution >= 0.6 is 0 Å². The normalized spacial score (nSPS) is 15.3. The van der Waals surface area contributed by atoms with Crippen LogP contribution in [0.4, 0.5) is 5.69 Å². The molecule has 148 valence electrons. The van der Waals surface area contributed by atoms with Crippen LogP contribution in [-0.4, -0.2) is 28.1 Å². The van der Waals surface area contributed by atoms with Gasteiger partial charge in [-0.25, -0.2) is 0 Å². The highest BCUT2D eigenvalue weighted by atomic mass is 16.5. The number of nitrogens with one attached hydrogen (secondary N) is 3. The number of hydrogen-bond donors (Lipinski definition) is 3. The number of amides is 2. The molecule has 0 saturated heterocycles. The standard InChI is InChI=1S/C22H22N4O3/c1-14-6-10-17(11-7-14)29-20-5-3-2-4-18(20)25-22(28)21(27)24-16-9-8-15-13-23-26-19(15)12-16/h2-7,10-11,13,16H,8-9,12H2,1H3,(H,23,26)(H,24,27)(H,25,28)/t16-/m1/s1. The lowest BCUT2D eigenvalue weighted by atomic mass is 9.94. The maximum Gasteiger partial charge on any atom is 0.313 e. The van der Waals surface area contributed by atoms with Crippen LogP contribution in [0.3, 0.4) is 0 Å². The Kier molecular flexibility index (Phi) is 5.29. The summed E-state index contributed by atoms with van der Waals surface area (Å²) < 4.78 is 5.87. The second-order valence-corrected chi connectivity index (χ2v) is 7.15.